The topological polar surface area (TPSA) is 42.9 Å². The molecule has 0 amide bonds. The third-order valence-corrected chi connectivity index (χ3v) is 5.76. The Morgan fingerprint density at radius 3 is 2.46 bits per heavy atom. The molecule has 0 aliphatic rings. The van der Waals surface area contributed by atoms with Gasteiger partial charge in [0.15, 0.2) is 0 Å². The van der Waals surface area contributed by atoms with Gasteiger partial charge in [0, 0.05) is 17.9 Å². The van der Waals surface area contributed by atoms with Crippen molar-refractivity contribution in [2.75, 3.05) is 0 Å². The molecule has 0 radical (unpaired) electrons. The van der Waals surface area contributed by atoms with E-state index in [1.54, 1.807) is 18.2 Å². The molecule has 0 bridgehead atoms. The maximum Gasteiger partial charge on any atom is 0.310 e. The lowest BCUT2D eigenvalue weighted by Gasteiger charge is -2.40. The van der Waals surface area contributed by atoms with E-state index in [-0.39, 0.29) is 29.1 Å². The molecular weight excluding hydrogens is 419 g/mol. The Kier molecular flexibility index (Phi) is 4.10. The maximum atomic E-state index is 12.9. The summed E-state index contributed by atoms with van der Waals surface area (Å²) < 4.78 is 69.1. The van der Waals surface area contributed by atoms with Gasteiger partial charge in [0.2, 0.25) is 0 Å². The molecule has 0 aliphatic heterocycles. The highest BCUT2D eigenvalue weighted by atomic mass is 35.5. The van der Waals surface area contributed by atoms with E-state index in [0.717, 1.165) is 22.3 Å². The van der Waals surface area contributed by atoms with Gasteiger partial charge in [0.1, 0.15) is 16.2 Å². The van der Waals surface area contributed by atoms with Crippen LogP contribution in [-0.4, -0.2) is 15.4 Å². The fourth-order valence-corrected chi connectivity index (χ4v) is 3.86. The van der Waals surface area contributed by atoms with Crippen LogP contribution in [0.1, 0.15) is 11.1 Å². The number of Topliss-reactive ketones (excluding diaryl/α,β-unsaturated/α-hetero) is 1. The molecule has 0 saturated carbocycles. The van der Waals surface area contributed by atoms with Crippen molar-refractivity contribution in [2.24, 2.45) is 0 Å². The molecule has 3 nitrogen and oxygen atoms in total. The van der Waals surface area contributed by atoms with Gasteiger partial charge in [0.05, 0.1) is 4.70 Å². The third kappa shape index (κ3) is 4.30. The second-order valence-electron chi connectivity index (χ2n) is 5.69. The van der Waals surface area contributed by atoms with Crippen LogP contribution in [0.3, 0.4) is 0 Å². The molecule has 26 heavy (non-hydrogen) atoms. The molecule has 0 N–H and O–H groups in total. The first kappa shape index (κ1) is 19.0. The Hall–Kier alpha value is -1.78. The molecule has 0 atom stereocenters. The summed E-state index contributed by atoms with van der Waals surface area (Å²) in [5.41, 5.74) is 0.995. The summed E-state index contributed by atoms with van der Waals surface area (Å²) >= 11 is 6.92. The predicted octanol–water partition coefficient (Wildman–Crippen LogP) is 6.36. The van der Waals surface area contributed by atoms with Gasteiger partial charge in [-0.3, -0.25) is 4.79 Å². The van der Waals surface area contributed by atoms with E-state index >= 15 is 0 Å². The Bertz CT molecular complexity index is 1020. The van der Waals surface area contributed by atoms with E-state index in [9.17, 15) is 24.2 Å². The number of aromatic nitrogens is 2. The summed E-state index contributed by atoms with van der Waals surface area (Å²) in [4.78, 5) is 10.1. The van der Waals surface area contributed by atoms with Crippen LogP contribution in [-0.2, 0) is 17.6 Å². The number of halogens is 6. The van der Waals surface area contributed by atoms with Gasteiger partial charge in [0.25, 0.3) is 0 Å². The molecular formula is C15H10ClF5N2OS2. The Balaban J connectivity index is 1.83. The fraction of sp³-hybridized carbons (Fsp3) is 0.133. The van der Waals surface area contributed by atoms with Crippen molar-refractivity contribution >= 4 is 49.4 Å². The van der Waals surface area contributed by atoms with Gasteiger partial charge in [-0.25, -0.2) is 0 Å². The van der Waals surface area contributed by atoms with Gasteiger partial charge in [-0.15, -0.1) is 5.10 Å². The number of carbonyl (C=O) groups excluding carboxylic acids is 1. The predicted molar refractivity (Wildman–Crippen MR) is 92.7 cm³/mol. The zero-order chi connectivity index (χ0) is 19.2. The molecule has 0 unspecified atom stereocenters. The average molecular weight is 429 g/mol. The van der Waals surface area contributed by atoms with Crippen molar-refractivity contribution in [3.8, 4) is 0 Å². The van der Waals surface area contributed by atoms with Crippen LogP contribution >= 0.6 is 33.4 Å². The summed E-state index contributed by atoms with van der Waals surface area (Å²) in [6.07, 6.45) is -0.565. The van der Waals surface area contributed by atoms with E-state index in [0.29, 0.717) is 11.1 Å². The van der Waals surface area contributed by atoms with Crippen LogP contribution < -0.4 is 0 Å². The van der Waals surface area contributed by atoms with E-state index in [2.05, 4.69) is 9.59 Å². The Morgan fingerprint density at radius 2 is 1.77 bits per heavy atom. The lowest BCUT2D eigenvalue weighted by Crippen LogP contribution is -2.10. The number of hydrogen-bond donors (Lipinski definition) is 0. The summed E-state index contributed by atoms with van der Waals surface area (Å²) in [5.74, 6) is -0.456. The van der Waals surface area contributed by atoms with Gasteiger partial charge >= 0.3 is 10.2 Å². The molecule has 0 saturated heterocycles. The molecule has 0 spiro atoms. The van der Waals surface area contributed by atoms with Gasteiger partial charge in [-0.1, -0.05) is 41.6 Å². The van der Waals surface area contributed by atoms with Crippen LogP contribution in [0.5, 0.6) is 0 Å². The minimum atomic E-state index is -9.83. The first-order valence-corrected chi connectivity index (χ1v) is 10.2. The molecule has 3 aromatic rings. The molecule has 2 aromatic carbocycles. The monoisotopic (exact) mass is 428 g/mol. The number of nitrogens with zero attached hydrogens (tertiary/aromatic N) is 2. The molecule has 140 valence electrons. The molecule has 3 rings (SSSR count). The average Bonchev–Trinajstić information content (AvgIpc) is 2.94. The first-order valence-electron chi connectivity index (χ1n) is 7.07. The molecule has 0 fully saturated rings. The summed E-state index contributed by atoms with van der Waals surface area (Å²) in [7, 11) is -9.83. The lowest BCUT2D eigenvalue weighted by atomic mass is 10.0. The first-order chi connectivity index (χ1) is 11.8. The van der Waals surface area contributed by atoms with Crippen molar-refractivity contribution < 1.29 is 24.2 Å². The quantitative estimate of drug-likeness (QED) is 0.444. The number of benzene rings is 2. The number of rotatable bonds is 5. The zero-order valence-corrected chi connectivity index (χ0v) is 15.2. The molecule has 0 aliphatic carbocycles. The SMILES string of the molecule is O=C(Cc1ccc2nnsc2c1)Cc1cc(S(F)(F)(F)(F)F)ccc1Cl. The van der Waals surface area contributed by atoms with Gasteiger partial charge in [-0.2, -0.15) is 0 Å². The van der Waals surface area contributed by atoms with Crippen LogP contribution in [0.15, 0.2) is 41.3 Å². The van der Waals surface area contributed by atoms with Crippen molar-refractivity contribution in [2.45, 2.75) is 17.7 Å². The van der Waals surface area contributed by atoms with E-state index in [4.69, 9.17) is 11.6 Å². The van der Waals surface area contributed by atoms with E-state index in [1.165, 1.54) is 0 Å². The van der Waals surface area contributed by atoms with Crippen molar-refractivity contribution in [3.63, 3.8) is 0 Å². The minimum absolute atomic E-state index is 0.0786. The van der Waals surface area contributed by atoms with Crippen molar-refractivity contribution in [3.05, 3.63) is 52.5 Å². The Morgan fingerprint density at radius 1 is 1.04 bits per heavy atom. The standard InChI is InChI=1S/C15H10ClF5N2OS2/c16-13-3-2-12(26(17,18,19,20)21)8-10(13)7-11(24)5-9-1-4-14-15(6-9)25-23-22-14/h1-4,6,8H,5,7H2. The normalized spacial score (nSPS) is 14.8. The second-order valence-corrected chi connectivity index (χ2v) is 9.29. The van der Waals surface area contributed by atoms with Crippen LogP contribution in [0.2, 0.25) is 5.02 Å². The highest BCUT2D eigenvalue weighted by Crippen LogP contribution is 3.02. The van der Waals surface area contributed by atoms with E-state index in [1.807, 2.05) is 0 Å². The molecule has 1 heterocycles. The van der Waals surface area contributed by atoms with Crippen LogP contribution in [0.4, 0.5) is 19.4 Å². The van der Waals surface area contributed by atoms with Crippen LogP contribution in [0, 0.1) is 0 Å². The summed E-state index contributed by atoms with van der Waals surface area (Å²) in [6.45, 7) is 0. The highest BCUT2D eigenvalue weighted by molar-refractivity contribution is 8.45. The lowest BCUT2D eigenvalue weighted by molar-refractivity contribution is -0.117. The number of fused-ring (bicyclic) bond motifs is 1. The summed E-state index contributed by atoms with van der Waals surface area (Å²) in [5, 5.41) is 3.68. The number of ketones is 1. The van der Waals surface area contributed by atoms with Crippen molar-refractivity contribution in [1.82, 2.24) is 9.59 Å². The summed E-state index contributed by atoms with van der Waals surface area (Å²) in [6, 6.07) is 6.22. The minimum Gasteiger partial charge on any atom is -0.299 e. The van der Waals surface area contributed by atoms with Crippen molar-refractivity contribution in [1.29, 1.82) is 0 Å². The Labute approximate surface area is 153 Å². The van der Waals surface area contributed by atoms with E-state index < -0.39 is 27.3 Å². The largest absolute Gasteiger partial charge is 0.310 e. The zero-order valence-electron chi connectivity index (χ0n) is 12.8. The second kappa shape index (κ2) is 5.61. The third-order valence-electron chi connectivity index (χ3n) is 3.56. The molecule has 1 aromatic heterocycles. The van der Waals surface area contributed by atoms with Crippen LogP contribution in [0.25, 0.3) is 10.2 Å². The highest BCUT2D eigenvalue weighted by Gasteiger charge is 2.65. The smallest absolute Gasteiger partial charge is 0.299 e. The fourth-order valence-electron chi connectivity index (χ4n) is 2.36. The number of hydrogen-bond acceptors (Lipinski definition) is 4. The molecule has 11 heteroatoms. The maximum absolute atomic E-state index is 12.9. The van der Waals surface area contributed by atoms with Gasteiger partial charge < -0.3 is 0 Å². The number of carbonyl (C=O) groups is 1. The van der Waals surface area contributed by atoms with Gasteiger partial charge in [-0.05, 0) is 53.0 Å².